The Labute approximate surface area is 137 Å². The fraction of sp³-hybridized carbons (Fsp3) is 0.941. The number of unbranched alkanes of at least 4 members (excludes halogenated alkanes) is 11. The first-order chi connectivity index (χ1) is 10.6. The highest BCUT2D eigenvalue weighted by Crippen LogP contribution is 2.08. The van der Waals surface area contributed by atoms with Crippen LogP contribution in [0.25, 0.3) is 0 Å². The summed E-state index contributed by atoms with van der Waals surface area (Å²) < 4.78 is 26.3. The molecule has 0 aliphatic carbocycles. The van der Waals surface area contributed by atoms with Gasteiger partial charge in [0.15, 0.2) is 0 Å². The normalized spacial score (nSPS) is 11.5. The second-order valence-corrected chi connectivity index (χ2v) is 7.94. The third-order valence-corrected chi connectivity index (χ3v) is 5.27. The number of nitriles is 1. The van der Waals surface area contributed by atoms with Crippen LogP contribution in [0.2, 0.25) is 0 Å². The molecule has 0 unspecified atom stereocenters. The maximum absolute atomic E-state index is 11.8. The average Bonchev–Trinajstić information content (AvgIpc) is 2.49. The van der Waals surface area contributed by atoms with Crippen molar-refractivity contribution in [2.24, 2.45) is 0 Å². The Morgan fingerprint density at radius 1 is 0.818 bits per heavy atom. The van der Waals surface area contributed by atoms with Crippen molar-refractivity contribution in [1.29, 1.82) is 5.26 Å². The van der Waals surface area contributed by atoms with Crippen molar-refractivity contribution in [3.8, 4) is 6.07 Å². The van der Waals surface area contributed by atoms with Crippen LogP contribution in [0.4, 0.5) is 0 Å². The third-order valence-electron chi connectivity index (χ3n) is 3.80. The molecule has 0 fully saturated rings. The molecule has 130 valence electrons. The fourth-order valence-electron chi connectivity index (χ4n) is 2.41. The lowest BCUT2D eigenvalue weighted by Crippen LogP contribution is -2.27. The Hall–Kier alpha value is -0.600. The van der Waals surface area contributed by atoms with E-state index in [-0.39, 0.29) is 5.75 Å². The standard InChI is InChI=1S/C17H34N2O2S/c1-2-3-4-5-8-11-14-17-22(20,21)19-16-13-10-7-6-9-12-15-18/h19H,2-14,16-17H2,1H3. The molecule has 0 aliphatic rings. The van der Waals surface area contributed by atoms with E-state index in [1.54, 1.807) is 0 Å². The minimum atomic E-state index is -3.07. The highest BCUT2D eigenvalue weighted by Gasteiger charge is 2.08. The summed E-state index contributed by atoms with van der Waals surface area (Å²) in [6, 6.07) is 2.14. The zero-order valence-corrected chi connectivity index (χ0v) is 15.1. The van der Waals surface area contributed by atoms with Crippen LogP contribution in [0.5, 0.6) is 0 Å². The summed E-state index contributed by atoms with van der Waals surface area (Å²) in [5.41, 5.74) is 0. The molecule has 0 aromatic rings. The van der Waals surface area contributed by atoms with Crippen molar-refractivity contribution in [2.45, 2.75) is 90.4 Å². The molecule has 0 aromatic heterocycles. The zero-order valence-electron chi connectivity index (χ0n) is 14.3. The van der Waals surface area contributed by atoms with Crippen LogP contribution in [0, 0.1) is 11.3 Å². The molecular formula is C17H34N2O2S. The second kappa shape index (κ2) is 15.3. The first-order valence-corrected chi connectivity index (χ1v) is 10.6. The molecule has 0 saturated carbocycles. The first-order valence-electron chi connectivity index (χ1n) is 8.96. The topological polar surface area (TPSA) is 70.0 Å². The summed E-state index contributed by atoms with van der Waals surface area (Å²) >= 11 is 0. The highest BCUT2D eigenvalue weighted by atomic mass is 32.2. The van der Waals surface area contributed by atoms with Gasteiger partial charge in [0.1, 0.15) is 0 Å². The molecule has 0 heterocycles. The largest absolute Gasteiger partial charge is 0.215 e. The fourth-order valence-corrected chi connectivity index (χ4v) is 3.59. The molecule has 22 heavy (non-hydrogen) atoms. The lowest BCUT2D eigenvalue weighted by atomic mass is 10.1. The summed E-state index contributed by atoms with van der Waals surface area (Å²) in [7, 11) is -3.07. The van der Waals surface area contributed by atoms with Gasteiger partial charge in [-0.25, -0.2) is 13.1 Å². The van der Waals surface area contributed by atoms with Crippen LogP contribution in [-0.2, 0) is 10.0 Å². The van der Waals surface area contributed by atoms with Crippen molar-refractivity contribution in [3.63, 3.8) is 0 Å². The number of hydrogen-bond donors (Lipinski definition) is 1. The van der Waals surface area contributed by atoms with Gasteiger partial charge in [-0.15, -0.1) is 0 Å². The predicted octanol–water partition coefficient (Wildman–Crippen LogP) is 4.52. The molecule has 0 bridgehead atoms. The van der Waals surface area contributed by atoms with Gasteiger partial charge in [0.05, 0.1) is 11.8 Å². The Morgan fingerprint density at radius 3 is 2.00 bits per heavy atom. The number of sulfonamides is 1. The maximum atomic E-state index is 11.8. The van der Waals surface area contributed by atoms with E-state index in [9.17, 15) is 8.42 Å². The van der Waals surface area contributed by atoms with E-state index in [4.69, 9.17) is 5.26 Å². The summed E-state index contributed by atoms with van der Waals surface area (Å²) in [6.07, 6.45) is 13.6. The van der Waals surface area contributed by atoms with Crippen molar-refractivity contribution < 1.29 is 8.42 Å². The van der Waals surface area contributed by atoms with Gasteiger partial charge in [0.2, 0.25) is 10.0 Å². The van der Waals surface area contributed by atoms with E-state index < -0.39 is 10.0 Å². The highest BCUT2D eigenvalue weighted by molar-refractivity contribution is 7.89. The van der Waals surface area contributed by atoms with E-state index in [1.165, 1.54) is 25.7 Å². The van der Waals surface area contributed by atoms with Crippen molar-refractivity contribution >= 4 is 10.0 Å². The molecule has 0 aliphatic heterocycles. The van der Waals surface area contributed by atoms with Gasteiger partial charge in [-0.1, -0.05) is 64.7 Å². The molecule has 0 rings (SSSR count). The van der Waals surface area contributed by atoms with Crippen molar-refractivity contribution in [3.05, 3.63) is 0 Å². The molecule has 0 amide bonds. The SMILES string of the molecule is CCCCCCCCCS(=O)(=O)NCCCCCCCC#N. The van der Waals surface area contributed by atoms with Crippen LogP contribution >= 0.6 is 0 Å². The van der Waals surface area contributed by atoms with E-state index in [2.05, 4.69) is 17.7 Å². The van der Waals surface area contributed by atoms with Crippen molar-refractivity contribution in [1.82, 2.24) is 4.72 Å². The quantitative estimate of drug-likeness (QED) is 0.423. The lowest BCUT2D eigenvalue weighted by Gasteiger charge is -2.06. The molecule has 1 N–H and O–H groups in total. The van der Waals surface area contributed by atoms with Gasteiger partial charge in [0, 0.05) is 13.0 Å². The Bertz CT molecular complexity index is 375. The summed E-state index contributed by atoms with van der Waals surface area (Å²) in [6.45, 7) is 2.75. The van der Waals surface area contributed by atoms with E-state index in [0.29, 0.717) is 13.0 Å². The summed E-state index contributed by atoms with van der Waals surface area (Å²) in [5.74, 6) is 0.267. The smallest absolute Gasteiger partial charge is 0.211 e. The average molecular weight is 331 g/mol. The minimum Gasteiger partial charge on any atom is -0.215 e. The molecule has 5 heteroatoms. The third kappa shape index (κ3) is 15.8. The molecule has 0 spiro atoms. The molecule has 0 aromatic carbocycles. The Kier molecular flexibility index (Phi) is 14.9. The number of nitrogens with one attached hydrogen (secondary N) is 1. The van der Waals surface area contributed by atoms with Crippen LogP contribution < -0.4 is 4.72 Å². The van der Waals surface area contributed by atoms with Crippen LogP contribution in [0.15, 0.2) is 0 Å². The summed E-state index contributed by atoms with van der Waals surface area (Å²) in [4.78, 5) is 0. The van der Waals surface area contributed by atoms with Crippen molar-refractivity contribution in [2.75, 3.05) is 12.3 Å². The number of rotatable bonds is 16. The van der Waals surface area contributed by atoms with Gasteiger partial charge >= 0.3 is 0 Å². The zero-order chi connectivity index (χ0) is 16.5. The molecule has 0 saturated heterocycles. The molecule has 4 nitrogen and oxygen atoms in total. The van der Waals surface area contributed by atoms with Crippen LogP contribution in [0.1, 0.15) is 90.4 Å². The van der Waals surface area contributed by atoms with E-state index in [0.717, 1.165) is 51.4 Å². The minimum absolute atomic E-state index is 0.267. The monoisotopic (exact) mass is 330 g/mol. The number of nitrogens with zero attached hydrogens (tertiary/aromatic N) is 1. The second-order valence-electron chi connectivity index (χ2n) is 6.01. The van der Waals surface area contributed by atoms with Gasteiger partial charge < -0.3 is 0 Å². The van der Waals surface area contributed by atoms with Gasteiger partial charge in [0.25, 0.3) is 0 Å². The maximum Gasteiger partial charge on any atom is 0.211 e. The van der Waals surface area contributed by atoms with Gasteiger partial charge in [-0.2, -0.15) is 5.26 Å². The van der Waals surface area contributed by atoms with E-state index >= 15 is 0 Å². The van der Waals surface area contributed by atoms with Gasteiger partial charge in [-0.3, -0.25) is 0 Å². The molecular weight excluding hydrogens is 296 g/mol. The first kappa shape index (κ1) is 21.4. The van der Waals surface area contributed by atoms with Gasteiger partial charge in [-0.05, 0) is 19.3 Å². The Morgan fingerprint density at radius 2 is 1.36 bits per heavy atom. The molecule has 0 atom stereocenters. The number of hydrogen-bond acceptors (Lipinski definition) is 3. The molecule has 0 radical (unpaired) electrons. The summed E-state index contributed by atoms with van der Waals surface area (Å²) in [5, 5.41) is 8.41. The van der Waals surface area contributed by atoms with Crippen LogP contribution in [0.3, 0.4) is 0 Å². The predicted molar refractivity (Wildman–Crippen MR) is 93.1 cm³/mol. The Balaban J connectivity index is 3.40. The van der Waals surface area contributed by atoms with E-state index in [1.807, 2.05) is 0 Å². The lowest BCUT2D eigenvalue weighted by molar-refractivity contribution is 0.560. The van der Waals surface area contributed by atoms with Crippen LogP contribution in [-0.4, -0.2) is 20.7 Å².